The molecule has 2 amide bonds. The van der Waals surface area contributed by atoms with Crippen LogP contribution < -0.4 is 11.1 Å². The number of aryl methyl sites for hydroxylation is 2. The number of hydrogen-bond acceptors (Lipinski definition) is 3. The summed E-state index contributed by atoms with van der Waals surface area (Å²) in [5.74, 6) is 0.161. The fourth-order valence-electron chi connectivity index (χ4n) is 3.33. The second-order valence-electron chi connectivity index (χ2n) is 6.75. The minimum Gasteiger partial charge on any atom is -0.354 e. The van der Waals surface area contributed by atoms with Gasteiger partial charge in [-0.3, -0.25) is 9.59 Å². The lowest BCUT2D eigenvalue weighted by molar-refractivity contribution is -0.135. The first-order chi connectivity index (χ1) is 12.1. The van der Waals surface area contributed by atoms with Crippen LogP contribution in [-0.4, -0.2) is 42.4 Å². The van der Waals surface area contributed by atoms with E-state index in [9.17, 15) is 9.59 Å². The van der Waals surface area contributed by atoms with Gasteiger partial charge in [-0.1, -0.05) is 31.2 Å². The number of amides is 2. The van der Waals surface area contributed by atoms with Crippen molar-refractivity contribution < 1.29 is 9.59 Å². The van der Waals surface area contributed by atoms with E-state index < -0.39 is 0 Å². The van der Waals surface area contributed by atoms with Crippen molar-refractivity contribution >= 4 is 24.2 Å². The lowest BCUT2D eigenvalue weighted by Crippen LogP contribution is -2.49. The van der Waals surface area contributed by atoms with E-state index in [1.807, 2.05) is 4.90 Å². The molecule has 1 aromatic rings. The molecule has 3 N–H and O–H groups in total. The zero-order chi connectivity index (χ0) is 18.1. The molecular weight excluding hydrogens is 350 g/mol. The van der Waals surface area contributed by atoms with Crippen LogP contribution in [0.5, 0.6) is 0 Å². The van der Waals surface area contributed by atoms with Gasteiger partial charge in [0.1, 0.15) is 0 Å². The molecule has 0 radical (unpaired) electrons. The first-order valence-electron chi connectivity index (χ1n) is 9.48. The Morgan fingerprint density at radius 3 is 2.50 bits per heavy atom. The highest BCUT2D eigenvalue weighted by Crippen LogP contribution is 2.18. The zero-order valence-electron chi connectivity index (χ0n) is 15.7. The van der Waals surface area contributed by atoms with E-state index in [4.69, 9.17) is 5.73 Å². The van der Waals surface area contributed by atoms with Gasteiger partial charge in [0.05, 0.1) is 0 Å². The molecule has 0 aromatic heterocycles. The first-order valence-corrected chi connectivity index (χ1v) is 9.48. The number of likely N-dealkylation sites (tertiary alicyclic amines) is 1. The average molecular weight is 382 g/mol. The van der Waals surface area contributed by atoms with Crippen molar-refractivity contribution in [3.8, 4) is 0 Å². The first kappa shape index (κ1) is 22.5. The van der Waals surface area contributed by atoms with Gasteiger partial charge in [0.15, 0.2) is 0 Å². The fourth-order valence-corrected chi connectivity index (χ4v) is 3.33. The lowest BCUT2D eigenvalue weighted by Gasteiger charge is -2.36. The number of nitrogens with one attached hydrogen (secondary N) is 1. The number of nitrogens with two attached hydrogens (primary N) is 1. The van der Waals surface area contributed by atoms with Crippen LogP contribution in [0.3, 0.4) is 0 Å². The number of carbonyl (C=O) groups excluding carboxylic acids is 2. The molecule has 6 heteroatoms. The Kier molecular flexibility index (Phi) is 10.3. The van der Waals surface area contributed by atoms with E-state index in [1.54, 1.807) is 0 Å². The monoisotopic (exact) mass is 381 g/mol. The number of rotatable bonds is 8. The fraction of sp³-hybridized carbons (Fsp3) is 0.600. The van der Waals surface area contributed by atoms with E-state index in [0.717, 1.165) is 38.6 Å². The number of nitrogens with zero attached hydrogens (tertiary/aromatic N) is 1. The van der Waals surface area contributed by atoms with Crippen molar-refractivity contribution in [1.29, 1.82) is 0 Å². The van der Waals surface area contributed by atoms with Gasteiger partial charge in [-0.25, -0.2) is 0 Å². The van der Waals surface area contributed by atoms with E-state index in [1.165, 1.54) is 11.1 Å². The van der Waals surface area contributed by atoms with Crippen LogP contribution in [0.4, 0.5) is 0 Å². The summed E-state index contributed by atoms with van der Waals surface area (Å²) in [5, 5.41) is 2.91. The predicted molar refractivity (Wildman–Crippen MR) is 107 cm³/mol. The molecule has 1 saturated heterocycles. The molecular formula is C20H32ClN3O2. The molecule has 26 heavy (non-hydrogen) atoms. The van der Waals surface area contributed by atoms with Crippen LogP contribution in [0.15, 0.2) is 24.3 Å². The van der Waals surface area contributed by atoms with Gasteiger partial charge in [0.25, 0.3) is 0 Å². The lowest BCUT2D eigenvalue weighted by atomic mass is 10.00. The molecule has 0 spiro atoms. The Bertz CT molecular complexity index is 563. The third-order valence-electron chi connectivity index (χ3n) is 4.91. The maximum absolute atomic E-state index is 12.7. The molecule has 1 atom stereocenters. The average Bonchev–Trinajstić information content (AvgIpc) is 2.65. The highest BCUT2D eigenvalue weighted by atomic mass is 35.5. The standard InChI is InChI=1S/C20H31N3O2.ClH/c1-2-16-6-8-17(9-7-16)10-11-20(25)23-14-4-3-5-18(23)15-22-19(24)12-13-21;/h6-9,18H,2-5,10-15,21H2,1H3,(H,22,24);1H. The van der Waals surface area contributed by atoms with E-state index in [0.29, 0.717) is 25.9 Å². The van der Waals surface area contributed by atoms with Crippen molar-refractivity contribution in [3.63, 3.8) is 0 Å². The summed E-state index contributed by atoms with van der Waals surface area (Å²) in [4.78, 5) is 26.3. The van der Waals surface area contributed by atoms with Gasteiger partial charge >= 0.3 is 0 Å². The van der Waals surface area contributed by atoms with E-state index >= 15 is 0 Å². The van der Waals surface area contributed by atoms with Gasteiger partial charge in [-0.05, 0) is 43.2 Å². The molecule has 0 bridgehead atoms. The number of carbonyl (C=O) groups is 2. The highest BCUT2D eigenvalue weighted by molar-refractivity contribution is 5.85. The van der Waals surface area contributed by atoms with Crippen molar-refractivity contribution in [3.05, 3.63) is 35.4 Å². The number of piperidine rings is 1. The smallest absolute Gasteiger partial charge is 0.223 e. The Hall–Kier alpha value is -1.59. The summed E-state index contributed by atoms with van der Waals surface area (Å²) < 4.78 is 0. The Balaban J connectivity index is 0.00000338. The van der Waals surface area contributed by atoms with Crippen molar-refractivity contribution in [2.75, 3.05) is 19.6 Å². The second-order valence-corrected chi connectivity index (χ2v) is 6.75. The third kappa shape index (κ3) is 6.96. The highest BCUT2D eigenvalue weighted by Gasteiger charge is 2.26. The summed E-state index contributed by atoms with van der Waals surface area (Å²) in [6.45, 7) is 3.83. The Morgan fingerprint density at radius 1 is 1.15 bits per heavy atom. The maximum Gasteiger partial charge on any atom is 0.223 e. The Labute approximate surface area is 163 Å². The second kappa shape index (κ2) is 11.9. The van der Waals surface area contributed by atoms with Crippen LogP contribution >= 0.6 is 12.4 Å². The van der Waals surface area contributed by atoms with Crippen LogP contribution in [-0.2, 0) is 22.4 Å². The minimum atomic E-state index is -0.0310. The molecule has 146 valence electrons. The van der Waals surface area contributed by atoms with Crippen LogP contribution in [0, 0.1) is 0 Å². The molecule has 1 unspecified atom stereocenters. The SMILES string of the molecule is CCc1ccc(CCC(=O)N2CCCCC2CNC(=O)CCN)cc1.Cl. The van der Waals surface area contributed by atoms with Crippen molar-refractivity contribution in [1.82, 2.24) is 10.2 Å². The third-order valence-corrected chi connectivity index (χ3v) is 4.91. The minimum absolute atomic E-state index is 0. The molecule has 1 aliphatic heterocycles. The molecule has 1 heterocycles. The largest absolute Gasteiger partial charge is 0.354 e. The van der Waals surface area contributed by atoms with Crippen LogP contribution in [0.1, 0.15) is 50.2 Å². The molecule has 1 aromatic carbocycles. The van der Waals surface area contributed by atoms with Crippen LogP contribution in [0.2, 0.25) is 0 Å². The zero-order valence-corrected chi connectivity index (χ0v) is 16.5. The van der Waals surface area contributed by atoms with Crippen LogP contribution in [0.25, 0.3) is 0 Å². The van der Waals surface area contributed by atoms with Gasteiger partial charge < -0.3 is 16.0 Å². The number of hydrogen-bond donors (Lipinski definition) is 2. The van der Waals surface area contributed by atoms with Gasteiger partial charge in [-0.2, -0.15) is 0 Å². The van der Waals surface area contributed by atoms with Crippen molar-refractivity contribution in [2.45, 2.75) is 57.9 Å². The van der Waals surface area contributed by atoms with Crippen molar-refractivity contribution in [2.24, 2.45) is 5.73 Å². The van der Waals surface area contributed by atoms with E-state index in [2.05, 4.69) is 36.5 Å². The molecule has 1 fully saturated rings. The number of halogens is 1. The molecule has 5 nitrogen and oxygen atoms in total. The van der Waals surface area contributed by atoms with E-state index in [-0.39, 0.29) is 30.3 Å². The summed E-state index contributed by atoms with van der Waals surface area (Å²) in [7, 11) is 0. The predicted octanol–water partition coefficient (Wildman–Crippen LogP) is 2.45. The summed E-state index contributed by atoms with van der Waals surface area (Å²) >= 11 is 0. The summed E-state index contributed by atoms with van der Waals surface area (Å²) in [6, 6.07) is 8.62. The van der Waals surface area contributed by atoms with Gasteiger partial charge in [0.2, 0.25) is 11.8 Å². The normalized spacial score (nSPS) is 16.7. The Morgan fingerprint density at radius 2 is 1.85 bits per heavy atom. The van der Waals surface area contributed by atoms with Gasteiger partial charge in [0, 0.05) is 38.5 Å². The van der Waals surface area contributed by atoms with Gasteiger partial charge in [-0.15, -0.1) is 12.4 Å². The molecule has 0 saturated carbocycles. The summed E-state index contributed by atoms with van der Waals surface area (Å²) in [5.41, 5.74) is 7.92. The maximum atomic E-state index is 12.7. The molecule has 1 aliphatic rings. The summed E-state index contributed by atoms with van der Waals surface area (Å²) in [6.07, 6.45) is 5.78. The molecule has 0 aliphatic carbocycles. The number of benzene rings is 1. The topological polar surface area (TPSA) is 75.4 Å². The molecule has 2 rings (SSSR count). The quantitative estimate of drug-likeness (QED) is 0.726.